The predicted molar refractivity (Wildman–Crippen MR) is 86.5 cm³/mol. The second-order valence-electron chi connectivity index (χ2n) is 5.07. The Morgan fingerprint density at radius 3 is 2.64 bits per heavy atom. The van der Waals surface area contributed by atoms with Crippen LogP contribution in [0.5, 0.6) is 0 Å². The van der Waals surface area contributed by atoms with E-state index >= 15 is 0 Å². The molecule has 0 radical (unpaired) electrons. The second-order valence-corrected chi connectivity index (χ2v) is 5.07. The van der Waals surface area contributed by atoms with Gasteiger partial charge in [0.25, 0.3) is 0 Å². The van der Waals surface area contributed by atoms with Crippen molar-refractivity contribution >= 4 is 11.8 Å². The summed E-state index contributed by atoms with van der Waals surface area (Å²) in [7, 11) is 1.41. The Morgan fingerprint density at radius 2 is 2.00 bits per heavy atom. The summed E-state index contributed by atoms with van der Waals surface area (Å²) in [6.45, 7) is 5.21. The fourth-order valence-corrected chi connectivity index (χ4v) is 2.24. The molecule has 1 atom stereocenters. The van der Waals surface area contributed by atoms with Gasteiger partial charge in [0.05, 0.1) is 13.0 Å². The Balaban J connectivity index is 2.21. The standard InChI is InChI=1S/C17H21N3O2/c1-4-20(12-13(2)17(21)22-3)15-10-11-18-16(19-15)14-8-6-5-7-9-14/h5-11,13H,4,12H2,1-3H3/t13-/m1/s1. The molecule has 22 heavy (non-hydrogen) atoms. The highest BCUT2D eigenvalue weighted by Gasteiger charge is 2.18. The molecule has 2 aromatic rings. The van der Waals surface area contributed by atoms with Crippen LogP contribution in [0, 0.1) is 5.92 Å². The molecular formula is C17H21N3O2. The van der Waals surface area contributed by atoms with E-state index in [2.05, 4.69) is 14.9 Å². The van der Waals surface area contributed by atoms with Crippen LogP contribution in [0.3, 0.4) is 0 Å². The van der Waals surface area contributed by atoms with Gasteiger partial charge >= 0.3 is 5.97 Å². The van der Waals surface area contributed by atoms with Gasteiger partial charge in [0.1, 0.15) is 5.82 Å². The van der Waals surface area contributed by atoms with Crippen molar-refractivity contribution in [2.45, 2.75) is 13.8 Å². The number of anilines is 1. The number of aromatic nitrogens is 2. The van der Waals surface area contributed by atoms with E-state index in [-0.39, 0.29) is 11.9 Å². The maximum atomic E-state index is 11.6. The summed E-state index contributed by atoms with van der Waals surface area (Å²) in [5.41, 5.74) is 0.974. The van der Waals surface area contributed by atoms with E-state index in [0.717, 1.165) is 17.9 Å². The number of hydrogen-bond donors (Lipinski definition) is 0. The first-order chi connectivity index (χ1) is 10.7. The molecule has 1 heterocycles. The summed E-state index contributed by atoms with van der Waals surface area (Å²) in [5.74, 6) is 1.07. The van der Waals surface area contributed by atoms with Crippen LogP contribution in [0.15, 0.2) is 42.6 Å². The molecule has 0 amide bonds. The molecule has 1 aromatic carbocycles. The monoisotopic (exact) mass is 299 g/mol. The molecule has 0 saturated carbocycles. The lowest BCUT2D eigenvalue weighted by molar-refractivity contribution is -0.144. The molecule has 0 bridgehead atoms. The first-order valence-corrected chi connectivity index (χ1v) is 7.37. The molecule has 0 spiro atoms. The van der Waals surface area contributed by atoms with Crippen molar-refractivity contribution in [2.24, 2.45) is 5.92 Å². The Morgan fingerprint density at radius 1 is 1.27 bits per heavy atom. The van der Waals surface area contributed by atoms with E-state index in [4.69, 9.17) is 4.74 Å². The number of carbonyl (C=O) groups excluding carboxylic acids is 1. The van der Waals surface area contributed by atoms with Crippen molar-refractivity contribution in [3.8, 4) is 11.4 Å². The lowest BCUT2D eigenvalue weighted by Gasteiger charge is -2.24. The number of nitrogens with zero attached hydrogens (tertiary/aromatic N) is 3. The Bertz CT molecular complexity index is 616. The zero-order valence-electron chi connectivity index (χ0n) is 13.2. The predicted octanol–water partition coefficient (Wildman–Crippen LogP) is 2.78. The van der Waals surface area contributed by atoms with Crippen LogP contribution in [-0.4, -0.2) is 36.1 Å². The second kappa shape index (κ2) is 7.54. The maximum Gasteiger partial charge on any atom is 0.310 e. The van der Waals surface area contributed by atoms with Gasteiger partial charge in [-0.2, -0.15) is 0 Å². The van der Waals surface area contributed by atoms with E-state index < -0.39 is 0 Å². The van der Waals surface area contributed by atoms with Crippen LogP contribution in [0.4, 0.5) is 5.82 Å². The summed E-state index contributed by atoms with van der Waals surface area (Å²) in [6.07, 6.45) is 1.75. The van der Waals surface area contributed by atoms with Crippen LogP contribution in [0.1, 0.15) is 13.8 Å². The highest BCUT2D eigenvalue weighted by molar-refractivity contribution is 5.72. The SMILES string of the molecule is CCN(C[C@@H](C)C(=O)OC)c1ccnc(-c2ccccc2)n1. The molecule has 1 aromatic heterocycles. The molecule has 0 aliphatic heterocycles. The van der Waals surface area contributed by atoms with Gasteiger partial charge in [0, 0.05) is 24.8 Å². The average Bonchev–Trinajstić information content (AvgIpc) is 2.59. The zero-order valence-corrected chi connectivity index (χ0v) is 13.2. The van der Waals surface area contributed by atoms with Crippen molar-refractivity contribution < 1.29 is 9.53 Å². The van der Waals surface area contributed by atoms with E-state index in [1.807, 2.05) is 50.2 Å². The molecule has 0 fully saturated rings. The van der Waals surface area contributed by atoms with Gasteiger partial charge in [0.2, 0.25) is 0 Å². The molecule has 5 nitrogen and oxygen atoms in total. The Hall–Kier alpha value is -2.43. The highest BCUT2D eigenvalue weighted by Crippen LogP contribution is 2.19. The van der Waals surface area contributed by atoms with Crippen LogP contribution < -0.4 is 4.90 Å². The molecule has 116 valence electrons. The number of ether oxygens (including phenoxy) is 1. The van der Waals surface area contributed by atoms with E-state index in [9.17, 15) is 4.79 Å². The van der Waals surface area contributed by atoms with Crippen molar-refractivity contribution in [2.75, 3.05) is 25.1 Å². The Labute approximate surface area is 131 Å². The third kappa shape index (κ3) is 3.81. The van der Waals surface area contributed by atoms with Crippen LogP contribution in [0.2, 0.25) is 0 Å². The summed E-state index contributed by atoms with van der Waals surface area (Å²) in [6, 6.07) is 11.7. The minimum Gasteiger partial charge on any atom is -0.469 e. The molecule has 5 heteroatoms. The normalized spacial score (nSPS) is 11.8. The quantitative estimate of drug-likeness (QED) is 0.768. The number of methoxy groups -OCH3 is 1. The first-order valence-electron chi connectivity index (χ1n) is 7.37. The zero-order chi connectivity index (χ0) is 15.9. The van der Waals surface area contributed by atoms with Gasteiger partial charge in [0.15, 0.2) is 5.82 Å². The van der Waals surface area contributed by atoms with Crippen molar-refractivity contribution in [3.05, 3.63) is 42.6 Å². The highest BCUT2D eigenvalue weighted by atomic mass is 16.5. The summed E-state index contributed by atoms with van der Waals surface area (Å²) in [5, 5.41) is 0. The lowest BCUT2D eigenvalue weighted by atomic mass is 10.1. The fraction of sp³-hybridized carbons (Fsp3) is 0.353. The third-order valence-electron chi connectivity index (χ3n) is 3.48. The lowest BCUT2D eigenvalue weighted by Crippen LogP contribution is -2.33. The molecule has 0 aliphatic carbocycles. The molecular weight excluding hydrogens is 278 g/mol. The number of rotatable bonds is 6. The van der Waals surface area contributed by atoms with Gasteiger partial charge in [-0.3, -0.25) is 4.79 Å². The number of hydrogen-bond acceptors (Lipinski definition) is 5. The number of benzene rings is 1. The molecule has 0 unspecified atom stereocenters. The van der Waals surface area contributed by atoms with Gasteiger partial charge in [-0.1, -0.05) is 37.3 Å². The van der Waals surface area contributed by atoms with Crippen molar-refractivity contribution in [1.82, 2.24) is 9.97 Å². The average molecular weight is 299 g/mol. The smallest absolute Gasteiger partial charge is 0.310 e. The van der Waals surface area contributed by atoms with Crippen LogP contribution in [0.25, 0.3) is 11.4 Å². The van der Waals surface area contributed by atoms with Gasteiger partial charge in [-0.05, 0) is 13.0 Å². The maximum absolute atomic E-state index is 11.6. The van der Waals surface area contributed by atoms with Gasteiger partial charge < -0.3 is 9.64 Å². The van der Waals surface area contributed by atoms with Gasteiger partial charge in [-0.25, -0.2) is 9.97 Å². The van der Waals surface area contributed by atoms with Crippen molar-refractivity contribution in [1.29, 1.82) is 0 Å². The van der Waals surface area contributed by atoms with E-state index in [1.165, 1.54) is 7.11 Å². The van der Waals surface area contributed by atoms with Crippen LogP contribution >= 0.6 is 0 Å². The topological polar surface area (TPSA) is 55.3 Å². The fourth-order valence-electron chi connectivity index (χ4n) is 2.24. The molecule has 0 N–H and O–H groups in total. The minimum atomic E-state index is -0.212. The molecule has 2 rings (SSSR count). The summed E-state index contributed by atoms with van der Waals surface area (Å²) >= 11 is 0. The third-order valence-corrected chi connectivity index (χ3v) is 3.48. The molecule has 0 saturated heterocycles. The Kier molecular flexibility index (Phi) is 5.47. The van der Waals surface area contributed by atoms with Crippen molar-refractivity contribution in [3.63, 3.8) is 0 Å². The number of carbonyl (C=O) groups is 1. The molecule has 0 aliphatic rings. The number of esters is 1. The van der Waals surface area contributed by atoms with E-state index in [0.29, 0.717) is 12.4 Å². The van der Waals surface area contributed by atoms with Crippen LogP contribution in [-0.2, 0) is 9.53 Å². The summed E-state index contributed by atoms with van der Waals surface area (Å²) in [4.78, 5) is 22.6. The first kappa shape index (κ1) is 15.9. The summed E-state index contributed by atoms with van der Waals surface area (Å²) < 4.78 is 4.79. The minimum absolute atomic E-state index is 0.208. The van der Waals surface area contributed by atoms with E-state index in [1.54, 1.807) is 6.20 Å². The van der Waals surface area contributed by atoms with Gasteiger partial charge in [-0.15, -0.1) is 0 Å². The largest absolute Gasteiger partial charge is 0.469 e.